The zero-order valence-electron chi connectivity index (χ0n) is 35.1. The fourth-order valence-corrected chi connectivity index (χ4v) is 7.42. The van der Waals surface area contributed by atoms with Crippen molar-refractivity contribution in [3.63, 3.8) is 0 Å². The second-order valence-electron chi connectivity index (χ2n) is 15.0. The van der Waals surface area contributed by atoms with Gasteiger partial charge in [-0.2, -0.15) is 0 Å². The van der Waals surface area contributed by atoms with Crippen LogP contribution in [0, 0.1) is 23.7 Å². The minimum absolute atomic E-state index is 0.0148. The zero-order valence-corrected chi connectivity index (χ0v) is 35.1. The van der Waals surface area contributed by atoms with E-state index in [-0.39, 0.29) is 53.8 Å². The van der Waals surface area contributed by atoms with E-state index >= 15 is 0 Å². The van der Waals surface area contributed by atoms with Gasteiger partial charge in [0.15, 0.2) is 0 Å². The number of methoxy groups -OCH3 is 2. The van der Waals surface area contributed by atoms with Crippen molar-refractivity contribution in [3.05, 3.63) is 35.9 Å². The third-order valence-corrected chi connectivity index (χ3v) is 10.7. The molecule has 1 aliphatic heterocycles. The molecule has 0 radical (unpaired) electrons. The molecule has 1 aromatic rings. The number of likely N-dealkylation sites (N-methyl/N-ethyl adjacent to an activating group) is 2. The van der Waals surface area contributed by atoms with Crippen LogP contribution in [0.2, 0.25) is 0 Å². The zero-order chi connectivity index (χ0) is 40.6. The second-order valence-corrected chi connectivity index (χ2v) is 15.0. The van der Waals surface area contributed by atoms with Crippen molar-refractivity contribution in [2.75, 3.05) is 34.9 Å². The highest BCUT2D eigenvalue weighted by Crippen LogP contribution is 2.30. The summed E-state index contributed by atoms with van der Waals surface area (Å²) in [6.07, 6.45) is 0.147. The Kier molecular flexibility index (Phi) is 21.4. The summed E-state index contributed by atoms with van der Waals surface area (Å²) in [5.74, 6) is -1.62. The minimum atomic E-state index is -0.875. The van der Waals surface area contributed by atoms with E-state index in [9.17, 15) is 24.3 Å². The Labute approximate surface area is 320 Å². The molecule has 1 fully saturated rings. The molecule has 9 unspecified atom stereocenters. The average Bonchev–Trinajstić information content (AvgIpc) is 3.63. The van der Waals surface area contributed by atoms with Crippen LogP contribution in [-0.2, 0) is 28.7 Å². The standard InChI is InChI=1S/C39H67N5O7.C2H6/c1-13-25(6)34(43(10)39(49)33(24(4)5)42-38(48)32(40-9)23(2)3)30(50-11)22-31(45)44-21-17-20-29(44)36(51-12)26(7)37(47)41-27(8)35(46)28-18-15-14-16-19-28;1-2/h14-16,18-19,23-27,29-30,32-36,40,46H,13,17,20-22H2,1-12H3,(H,41,47)(H,42,48);1-2H3/t25?,26?,27?,29-,30?,32?,33?,34?,35?,36?;/m0./s1. The Hall–Kier alpha value is -3.06. The molecule has 1 heterocycles. The number of amides is 4. The van der Waals surface area contributed by atoms with Crippen molar-refractivity contribution in [1.82, 2.24) is 25.8 Å². The lowest BCUT2D eigenvalue weighted by atomic mass is 9.89. The molecule has 0 spiro atoms. The van der Waals surface area contributed by atoms with E-state index in [4.69, 9.17) is 9.47 Å². The van der Waals surface area contributed by atoms with E-state index in [1.54, 1.807) is 52.0 Å². The molecular formula is C41H73N5O7. The molecule has 12 heteroatoms. The molecule has 0 saturated carbocycles. The number of aliphatic hydroxyl groups excluding tert-OH is 1. The third-order valence-electron chi connectivity index (χ3n) is 10.7. The molecule has 4 N–H and O–H groups in total. The molecule has 10 atom stereocenters. The van der Waals surface area contributed by atoms with Crippen LogP contribution in [-0.4, -0.2) is 116 Å². The number of aliphatic hydroxyl groups is 1. The van der Waals surface area contributed by atoms with Crippen LogP contribution in [0.5, 0.6) is 0 Å². The quantitative estimate of drug-likeness (QED) is 0.152. The van der Waals surface area contributed by atoms with Gasteiger partial charge >= 0.3 is 0 Å². The van der Waals surface area contributed by atoms with Crippen molar-refractivity contribution in [3.8, 4) is 0 Å². The predicted octanol–water partition coefficient (Wildman–Crippen LogP) is 4.56. The predicted molar refractivity (Wildman–Crippen MR) is 211 cm³/mol. The molecule has 2 rings (SSSR count). The van der Waals surface area contributed by atoms with E-state index in [0.29, 0.717) is 18.5 Å². The number of likely N-dealkylation sites (tertiary alicyclic amines) is 1. The van der Waals surface area contributed by atoms with Crippen LogP contribution in [0.4, 0.5) is 0 Å². The maximum absolute atomic E-state index is 14.1. The molecule has 0 aliphatic carbocycles. The number of carbonyl (C=O) groups is 4. The normalized spacial score (nSPS) is 19.5. The van der Waals surface area contributed by atoms with Crippen molar-refractivity contribution < 1.29 is 33.8 Å². The summed E-state index contributed by atoms with van der Waals surface area (Å²) in [5, 5.41) is 19.8. The lowest BCUT2D eigenvalue weighted by Crippen LogP contribution is -2.59. The largest absolute Gasteiger partial charge is 0.386 e. The molecule has 12 nitrogen and oxygen atoms in total. The summed E-state index contributed by atoms with van der Waals surface area (Å²) >= 11 is 0. The highest BCUT2D eigenvalue weighted by Gasteiger charge is 2.43. The lowest BCUT2D eigenvalue weighted by molar-refractivity contribution is -0.148. The summed E-state index contributed by atoms with van der Waals surface area (Å²) in [4.78, 5) is 58.3. The van der Waals surface area contributed by atoms with Gasteiger partial charge in [0.05, 0.1) is 54.8 Å². The monoisotopic (exact) mass is 748 g/mol. The SMILES string of the molecule is CC.CCC(C)C(C(CC(=O)N1CCC[C@H]1C(OC)C(C)C(=O)NC(C)C(O)c1ccccc1)OC)N(C)C(=O)C(NC(=O)C(NC)C(C)C)C(C)C. The van der Waals surface area contributed by atoms with Crippen LogP contribution in [0.15, 0.2) is 30.3 Å². The molecule has 0 bridgehead atoms. The van der Waals surface area contributed by atoms with Gasteiger partial charge in [-0.15, -0.1) is 0 Å². The van der Waals surface area contributed by atoms with Crippen molar-refractivity contribution in [2.45, 2.75) is 143 Å². The second kappa shape index (κ2) is 23.7. The Balaban J connectivity index is 0.00000690. The van der Waals surface area contributed by atoms with Gasteiger partial charge in [0.2, 0.25) is 23.6 Å². The van der Waals surface area contributed by atoms with Crippen LogP contribution in [0.1, 0.15) is 107 Å². The Bertz CT molecular complexity index is 1250. The Morgan fingerprint density at radius 3 is 1.98 bits per heavy atom. The molecule has 53 heavy (non-hydrogen) atoms. The Morgan fingerprint density at radius 2 is 1.49 bits per heavy atom. The first kappa shape index (κ1) is 48.0. The number of carbonyl (C=O) groups excluding carboxylic acids is 4. The van der Waals surface area contributed by atoms with Gasteiger partial charge in [-0.1, -0.05) is 99.1 Å². The maximum atomic E-state index is 14.1. The number of hydrogen-bond donors (Lipinski definition) is 4. The van der Waals surface area contributed by atoms with Crippen LogP contribution < -0.4 is 16.0 Å². The highest BCUT2D eigenvalue weighted by atomic mass is 16.5. The fraction of sp³-hybridized carbons (Fsp3) is 0.756. The van der Waals surface area contributed by atoms with Crippen LogP contribution >= 0.6 is 0 Å². The lowest BCUT2D eigenvalue weighted by Gasteiger charge is -2.41. The maximum Gasteiger partial charge on any atom is 0.245 e. The minimum Gasteiger partial charge on any atom is -0.386 e. The number of nitrogens with one attached hydrogen (secondary N) is 3. The fourth-order valence-electron chi connectivity index (χ4n) is 7.42. The molecule has 1 aliphatic rings. The van der Waals surface area contributed by atoms with Gasteiger partial charge in [0.1, 0.15) is 6.04 Å². The number of ether oxygens (including phenoxy) is 2. The van der Waals surface area contributed by atoms with Crippen molar-refractivity contribution in [2.24, 2.45) is 23.7 Å². The topological polar surface area (TPSA) is 150 Å². The van der Waals surface area contributed by atoms with Gasteiger partial charge in [-0.25, -0.2) is 0 Å². The van der Waals surface area contributed by atoms with Gasteiger partial charge in [0.25, 0.3) is 0 Å². The number of nitrogens with zero attached hydrogens (tertiary/aromatic N) is 2. The molecule has 0 aromatic heterocycles. The summed E-state index contributed by atoms with van der Waals surface area (Å²) in [6, 6.07) is 6.67. The molecule has 304 valence electrons. The van der Waals surface area contributed by atoms with Crippen molar-refractivity contribution in [1.29, 1.82) is 0 Å². The first-order chi connectivity index (χ1) is 25.0. The van der Waals surface area contributed by atoms with E-state index < -0.39 is 48.4 Å². The Morgan fingerprint density at radius 1 is 0.906 bits per heavy atom. The van der Waals surface area contributed by atoms with Crippen LogP contribution in [0.25, 0.3) is 0 Å². The molecule has 1 aromatic carbocycles. The molecule has 4 amide bonds. The molecule has 1 saturated heterocycles. The van der Waals surface area contributed by atoms with E-state index in [0.717, 1.165) is 12.8 Å². The average molecular weight is 748 g/mol. The summed E-state index contributed by atoms with van der Waals surface area (Å²) in [7, 11) is 6.57. The third kappa shape index (κ3) is 13.0. The smallest absolute Gasteiger partial charge is 0.245 e. The first-order valence-corrected chi connectivity index (χ1v) is 19.7. The summed E-state index contributed by atoms with van der Waals surface area (Å²) in [5.41, 5.74) is 0.711. The highest BCUT2D eigenvalue weighted by molar-refractivity contribution is 5.90. The molecular weight excluding hydrogens is 674 g/mol. The van der Waals surface area contributed by atoms with Gasteiger partial charge < -0.3 is 40.3 Å². The summed E-state index contributed by atoms with van der Waals surface area (Å²) < 4.78 is 11.9. The van der Waals surface area contributed by atoms with E-state index in [2.05, 4.69) is 16.0 Å². The van der Waals surface area contributed by atoms with Gasteiger partial charge in [0, 0.05) is 27.8 Å². The van der Waals surface area contributed by atoms with Crippen molar-refractivity contribution >= 4 is 23.6 Å². The number of hydrogen-bond acceptors (Lipinski definition) is 8. The first-order valence-electron chi connectivity index (χ1n) is 19.7. The number of benzene rings is 1. The van der Waals surface area contributed by atoms with E-state index in [1.165, 1.54) is 0 Å². The van der Waals surface area contributed by atoms with Crippen LogP contribution in [0.3, 0.4) is 0 Å². The van der Waals surface area contributed by atoms with Gasteiger partial charge in [-0.05, 0) is 50.1 Å². The van der Waals surface area contributed by atoms with Gasteiger partial charge in [-0.3, -0.25) is 19.2 Å². The number of rotatable bonds is 20. The van der Waals surface area contributed by atoms with E-state index in [1.807, 2.05) is 85.7 Å². The summed E-state index contributed by atoms with van der Waals surface area (Å²) in [6.45, 7) is 19.9.